The van der Waals surface area contributed by atoms with Crippen LogP contribution in [-0.4, -0.2) is 23.9 Å². The third kappa shape index (κ3) is 3.97. The lowest BCUT2D eigenvalue weighted by Crippen LogP contribution is -2.48. The van der Waals surface area contributed by atoms with Gasteiger partial charge in [-0.05, 0) is 12.8 Å². The number of nitrogens with two attached hydrogens (primary N) is 1. The average molecular weight is 192 g/mol. The van der Waals surface area contributed by atoms with Gasteiger partial charge in [-0.15, -0.1) is 0 Å². The van der Waals surface area contributed by atoms with E-state index in [-0.39, 0.29) is 18.6 Å². The largest absolute Gasteiger partial charge is 0.464 e. The second kappa shape index (κ2) is 4.72. The van der Waals surface area contributed by atoms with E-state index in [1.54, 1.807) is 0 Å². The number of rotatable bonds is 4. The molecule has 0 saturated carbocycles. The Hall–Kier alpha value is -0.220. The molecule has 0 aliphatic rings. The first-order valence-electron chi connectivity index (χ1n) is 4.53. The molecule has 0 amide bonds. The van der Waals surface area contributed by atoms with Crippen LogP contribution in [0.2, 0.25) is 0 Å². The van der Waals surface area contributed by atoms with Gasteiger partial charge in [0.25, 0.3) is 0 Å². The zero-order valence-electron chi connectivity index (χ0n) is 8.54. The van der Waals surface area contributed by atoms with Gasteiger partial charge in [0.2, 0.25) is 0 Å². The van der Waals surface area contributed by atoms with Crippen LogP contribution in [0.4, 0.5) is 0 Å². The molecule has 2 N–H and O–H groups in total. The standard InChI is InChI=1S/C8H17NO2S/c1-6(2)4-11-7(10)8(3,9)5-12/h6,12H,4-5,9H2,1-3H3/t8-/m0/s1/i3D. The fraction of sp³-hybridized carbons (Fsp3) is 0.875. The zero-order chi connectivity index (χ0) is 10.5. The number of thiol groups is 1. The summed E-state index contributed by atoms with van der Waals surface area (Å²) in [4.78, 5) is 11.3. The molecule has 4 heteroatoms. The topological polar surface area (TPSA) is 52.3 Å². The molecule has 0 bridgehead atoms. The quantitative estimate of drug-likeness (QED) is 0.512. The van der Waals surface area contributed by atoms with Gasteiger partial charge in [-0.3, -0.25) is 4.79 Å². The monoisotopic (exact) mass is 192 g/mol. The Morgan fingerprint density at radius 1 is 1.83 bits per heavy atom. The SMILES string of the molecule is [2H]C[C@](N)(CS)C(=O)OCC(C)C. The summed E-state index contributed by atoms with van der Waals surface area (Å²) in [6.07, 6.45) is 0. The predicted octanol–water partition coefficient (Wildman–Crippen LogP) is 0.833. The van der Waals surface area contributed by atoms with Crippen molar-refractivity contribution in [1.29, 1.82) is 0 Å². The van der Waals surface area contributed by atoms with Crippen molar-refractivity contribution < 1.29 is 10.9 Å². The molecular formula is C8H17NO2S. The lowest BCUT2D eigenvalue weighted by molar-refractivity contribution is -0.149. The minimum absolute atomic E-state index is 0.132. The number of hydrogen-bond donors (Lipinski definition) is 2. The van der Waals surface area contributed by atoms with Gasteiger partial charge in [0.05, 0.1) is 6.61 Å². The molecular weight excluding hydrogens is 174 g/mol. The van der Waals surface area contributed by atoms with E-state index in [4.69, 9.17) is 11.8 Å². The fourth-order valence-electron chi connectivity index (χ4n) is 0.451. The second-order valence-corrected chi connectivity index (χ2v) is 3.62. The van der Waals surface area contributed by atoms with Crippen molar-refractivity contribution in [3.8, 4) is 0 Å². The van der Waals surface area contributed by atoms with Gasteiger partial charge in [-0.2, -0.15) is 12.6 Å². The van der Waals surface area contributed by atoms with Crippen molar-refractivity contribution >= 4 is 18.6 Å². The Balaban J connectivity index is 4.07. The van der Waals surface area contributed by atoms with E-state index in [1.807, 2.05) is 13.8 Å². The summed E-state index contributed by atoms with van der Waals surface area (Å²) >= 11 is 3.92. The third-order valence-corrected chi connectivity index (χ3v) is 1.80. The third-order valence-electron chi connectivity index (χ3n) is 1.24. The predicted molar refractivity (Wildman–Crippen MR) is 52.2 cm³/mol. The van der Waals surface area contributed by atoms with E-state index in [0.29, 0.717) is 6.61 Å². The van der Waals surface area contributed by atoms with Gasteiger partial charge >= 0.3 is 5.97 Å². The van der Waals surface area contributed by atoms with Gasteiger partial charge in [-0.1, -0.05) is 13.8 Å². The van der Waals surface area contributed by atoms with Crippen LogP contribution >= 0.6 is 12.6 Å². The van der Waals surface area contributed by atoms with Crippen molar-refractivity contribution in [3.05, 3.63) is 0 Å². The van der Waals surface area contributed by atoms with E-state index < -0.39 is 11.5 Å². The van der Waals surface area contributed by atoms with E-state index in [0.717, 1.165) is 0 Å². The molecule has 12 heavy (non-hydrogen) atoms. The Kier molecular flexibility index (Phi) is 3.88. The summed E-state index contributed by atoms with van der Waals surface area (Å²) in [6, 6.07) is 0. The van der Waals surface area contributed by atoms with Crippen LogP contribution in [-0.2, 0) is 9.53 Å². The first kappa shape index (κ1) is 9.86. The van der Waals surface area contributed by atoms with Crippen molar-refractivity contribution in [3.63, 3.8) is 0 Å². The molecule has 0 radical (unpaired) electrons. The summed E-state index contributed by atoms with van der Waals surface area (Å²) in [5.41, 5.74) is 4.34. The maximum Gasteiger partial charge on any atom is 0.326 e. The number of carbonyl (C=O) groups excluding carboxylic acids is 1. The highest BCUT2D eigenvalue weighted by molar-refractivity contribution is 7.80. The van der Waals surface area contributed by atoms with Crippen LogP contribution < -0.4 is 5.73 Å². The van der Waals surface area contributed by atoms with Crippen LogP contribution in [0.3, 0.4) is 0 Å². The molecule has 0 aliphatic heterocycles. The van der Waals surface area contributed by atoms with E-state index in [1.165, 1.54) is 0 Å². The maximum atomic E-state index is 11.3. The summed E-state index contributed by atoms with van der Waals surface area (Å²) in [6.45, 7) is 4.01. The van der Waals surface area contributed by atoms with Crippen molar-refractivity contribution in [2.75, 3.05) is 12.4 Å². The van der Waals surface area contributed by atoms with Gasteiger partial charge in [0, 0.05) is 7.12 Å². The van der Waals surface area contributed by atoms with E-state index >= 15 is 0 Å². The number of ether oxygens (including phenoxy) is 1. The molecule has 0 aromatic heterocycles. The molecule has 0 heterocycles. The molecule has 0 saturated heterocycles. The highest BCUT2D eigenvalue weighted by Crippen LogP contribution is 2.05. The van der Waals surface area contributed by atoms with Crippen LogP contribution in [0, 0.1) is 5.92 Å². The molecule has 0 spiro atoms. The van der Waals surface area contributed by atoms with Crippen LogP contribution in [0.15, 0.2) is 0 Å². The Morgan fingerprint density at radius 3 is 2.75 bits per heavy atom. The van der Waals surface area contributed by atoms with E-state index in [2.05, 4.69) is 12.6 Å². The molecule has 0 aliphatic carbocycles. The number of hydrogen-bond acceptors (Lipinski definition) is 4. The first-order valence-corrected chi connectivity index (χ1v) is 4.45. The normalized spacial score (nSPS) is 16.9. The first-order chi connectivity index (χ1) is 5.96. The molecule has 0 aromatic rings. The van der Waals surface area contributed by atoms with Crippen LogP contribution in [0.5, 0.6) is 0 Å². The van der Waals surface area contributed by atoms with Gasteiger partial charge in [0.15, 0.2) is 0 Å². The summed E-state index contributed by atoms with van der Waals surface area (Å²) in [5, 5.41) is 0. The van der Waals surface area contributed by atoms with Crippen LogP contribution in [0.25, 0.3) is 0 Å². The smallest absolute Gasteiger partial charge is 0.326 e. The maximum absolute atomic E-state index is 11.3. The molecule has 1 atom stereocenters. The van der Waals surface area contributed by atoms with E-state index in [9.17, 15) is 4.79 Å². The molecule has 0 fully saturated rings. The minimum atomic E-state index is -1.25. The van der Waals surface area contributed by atoms with Crippen molar-refractivity contribution in [1.82, 2.24) is 0 Å². The lowest BCUT2D eigenvalue weighted by atomic mass is 10.1. The molecule has 0 aromatic carbocycles. The zero-order valence-corrected chi connectivity index (χ0v) is 8.43. The Bertz CT molecular complexity index is 172. The lowest BCUT2D eigenvalue weighted by Gasteiger charge is -2.20. The highest BCUT2D eigenvalue weighted by Gasteiger charge is 2.28. The number of carbonyl (C=O) groups is 1. The molecule has 0 rings (SSSR count). The highest BCUT2D eigenvalue weighted by atomic mass is 32.1. The summed E-state index contributed by atoms with van der Waals surface area (Å²) < 4.78 is 12.0. The summed E-state index contributed by atoms with van der Waals surface area (Å²) in [7, 11) is 0. The van der Waals surface area contributed by atoms with Crippen molar-refractivity contribution in [2.24, 2.45) is 11.7 Å². The van der Waals surface area contributed by atoms with Gasteiger partial charge < -0.3 is 10.5 Å². The van der Waals surface area contributed by atoms with Gasteiger partial charge in [-0.25, -0.2) is 0 Å². The molecule has 3 nitrogen and oxygen atoms in total. The molecule has 72 valence electrons. The second-order valence-electron chi connectivity index (χ2n) is 3.31. The Morgan fingerprint density at radius 2 is 2.42 bits per heavy atom. The average Bonchev–Trinajstić information content (AvgIpc) is 2.12. The van der Waals surface area contributed by atoms with Crippen LogP contribution in [0.1, 0.15) is 22.1 Å². The number of esters is 1. The minimum Gasteiger partial charge on any atom is -0.464 e. The van der Waals surface area contributed by atoms with Gasteiger partial charge in [0.1, 0.15) is 5.54 Å². The van der Waals surface area contributed by atoms with Crippen molar-refractivity contribution in [2.45, 2.75) is 26.3 Å². The fourth-order valence-corrected chi connectivity index (χ4v) is 0.580. The Labute approximate surface area is 80.5 Å². The molecule has 0 unspecified atom stereocenters. The summed E-state index contributed by atoms with van der Waals surface area (Å²) in [5.74, 6) is -0.127.